The van der Waals surface area contributed by atoms with Crippen LogP contribution in [0.4, 0.5) is 18.9 Å². The number of nitrogens with one attached hydrogen (secondary N) is 3. The largest absolute Gasteiger partial charge is 0.573 e. The Bertz CT molecular complexity index is 873. The molecule has 3 N–H and O–H groups in total. The van der Waals surface area contributed by atoms with Gasteiger partial charge in [-0.25, -0.2) is 0 Å². The van der Waals surface area contributed by atoms with E-state index in [1.54, 1.807) is 12.3 Å². The monoisotopic (exact) mass is 380 g/mol. The van der Waals surface area contributed by atoms with E-state index in [2.05, 4.69) is 10.1 Å². The molecule has 9 heteroatoms. The van der Waals surface area contributed by atoms with Gasteiger partial charge in [0.05, 0.1) is 5.69 Å². The molecule has 1 aliphatic heterocycles. The lowest BCUT2D eigenvalue weighted by Crippen LogP contribution is -2.30. The molecule has 1 fully saturated rings. The van der Waals surface area contributed by atoms with Crippen molar-refractivity contribution in [3.8, 4) is 5.75 Å². The first kappa shape index (κ1) is 19.0. The number of aromatic nitrogens is 1. The first-order valence-electron chi connectivity index (χ1n) is 8.38. The van der Waals surface area contributed by atoms with Crippen LogP contribution in [0.15, 0.2) is 42.6 Å². The number of ether oxygens (including phenoxy) is 2. The van der Waals surface area contributed by atoms with Gasteiger partial charge in [-0.05, 0) is 37.1 Å². The minimum Gasteiger partial charge on any atom is -0.406 e. The highest BCUT2D eigenvalue weighted by Crippen LogP contribution is 2.23. The average Bonchev–Trinajstić information content (AvgIpc) is 2.62. The van der Waals surface area contributed by atoms with Crippen molar-refractivity contribution < 1.29 is 22.6 Å². The van der Waals surface area contributed by atoms with Crippen LogP contribution in [0.2, 0.25) is 0 Å². The summed E-state index contributed by atoms with van der Waals surface area (Å²) in [7, 11) is 0. The summed E-state index contributed by atoms with van der Waals surface area (Å²) in [5.74, 6) is -0.531. The molecular formula is C18H19F3N4O2. The maximum absolute atomic E-state index is 12.4. The molecule has 0 spiro atoms. The third kappa shape index (κ3) is 5.10. The number of hydrogen-bond donors (Lipinski definition) is 3. The fourth-order valence-electron chi connectivity index (χ4n) is 2.83. The normalized spacial score (nSPS) is 15.4. The molecule has 1 saturated heterocycles. The maximum Gasteiger partial charge on any atom is 0.573 e. The van der Waals surface area contributed by atoms with Gasteiger partial charge in [-0.1, -0.05) is 12.1 Å². The molecule has 0 saturated carbocycles. The molecular weight excluding hydrogens is 361 g/mol. The minimum absolute atomic E-state index is 0.0414. The average molecular weight is 380 g/mol. The Labute approximate surface area is 153 Å². The number of nitrogens with zero attached hydrogens (tertiary/aromatic N) is 1. The zero-order chi connectivity index (χ0) is 19.4. The Balaban J connectivity index is 1.82. The lowest BCUT2D eigenvalue weighted by atomic mass is 10.1. The number of pyridine rings is 1. The van der Waals surface area contributed by atoms with Crippen LogP contribution in [0.5, 0.6) is 5.75 Å². The van der Waals surface area contributed by atoms with Gasteiger partial charge < -0.3 is 14.8 Å². The fraction of sp³-hybridized carbons (Fsp3) is 0.333. The molecule has 27 heavy (non-hydrogen) atoms. The summed E-state index contributed by atoms with van der Waals surface area (Å²) in [5, 5.41) is 19.7. The molecule has 0 aliphatic carbocycles. The maximum atomic E-state index is 12.4. The van der Waals surface area contributed by atoms with Gasteiger partial charge in [0.15, 0.2) is 0 Å². The number of alkyl halides is 3. The van der Waals surface area contributed by atoms with Crippen LogP contribution in [0.25, 0.3) is 0 Å². The molecule has 0 unspecified atom stereocenters. The van der Waals surface area contributed by atoms with Crippen LogP contribution in [-0.4, -0.2) is 36.0 Å². The third-order valence-electron chi connectivity index (χ3n) is 4.12. The summed E-state index contributed by atoms with van der Waals surface area (Å²) < 4.78 is 47.8. The number of rotatable bonds is 4. The summed E-state index contributed by atoms with van der Waals surface area (Å²) in [5.41, 5.74) is 0.975. The lowest BCUT2D eigenvalue weighted by Gasteiger charge is -2.24. The molecule has 2 heterocycles. The van der Waals surface area contributed by atoms with Gasteiger partial charge in [0.25, 0.3) is 0 Å². The molecule has 1 aromatic carbocycles. The Kier molecular flexibility index (Phi) is 5.50. The molecule has 3 rings (SSSR count). The third-order valence-corrected chi connectivity index (χ3v) is 4.12. The van der Waals surface area contributed by atoms with Crippen molar-refractivity contribution in [3.05, 3.63) is 53.6 Å². The molecule has 144 valence electrons. The molecule has 2 aromatic rings. The van der Waals surface area contributed by atoms with E-state index in [0.717, 1.165) is 24.6 Å². The number of anilines is 1. The molecule has 6 nitrogen and oxygen atoms in total. The van der Waals surface area contributed by atoms with Gasteiger partial charge in [-0.3, -0.25) is 15.4 Å². The topological polar surface area (TPSA) is 83.1 Å². The molecule has 1 aromatic heterocycles. The second-order valence-electron chi connectivity index (χ2n) is 6.13. The lowest BCUT2D eigenvalue weighted by molar-refractivity contribution is -0.274. The fourth-order valence-corrected chi connectivity index (χ4v) is 2.83. The smallest absolute Gasteiger partial charge is 0.406 e. The van der Waals surface area contributed by atoms with Crippen molar-refractivity contribution in [2.24, 2.45) is 0 Å². The number of benzene rings is 1. The highest BCUT2D eigenvalue weighted by Gasteiger charge is 2.31. The molecule has 0 atom stereocenters. The Morgan fingerprint density at radius 2 is 1.93 bits per heavy atom. The van der Waals surface area contributed by atoms with Crippen LogP contribution in [0, 0.1) is 10.8 Å². The van der Waals surface area contributed by atoms with Crippen molar-refractivity contribution in [3.63, 3.8) is 0 Å². The SMILES string of the molecule is N=C(c1cccc(OC(F)(F)F)c1)n1cc(NC2CCOCC2)ccc1=N. The summed E-state index contributed by atoms with van der Waals surface area (Å²) >= 11 is 0. The van der Waals surface area contributed by atoms with E-state index in [0.29, 0.717) is 13.2 Å². The summed E-state index contributed by atoms with van der Waals surface area (Å²) in [6, 6.07) is 8.68. The molecule has 1 aliphatic rings. The van der Waals surface area contributed by atoms with Gasteiger partial charge in [-0.2, -0.15) is 0 Å². The predicted molar refractivity (Wildman–Crippen MR) is 93.1 cm³/mol. The van der Waals surface area contributed by atoms with Crippen LogP contribution >= 0.6 is 0 Å². The van der Waals surface area contributed by atoms with E-state index >= 15 is 0 Å². The van der Waals surface area contributed by atoms with Crippen LogP contribution in [0.1, 0.15) is 18.4 Å². The Morgan fingerprint density at radius 3 is 2.63 bits per heavy atom. The highest BCUT2D eigenvalue weighted by atomic mass is 19.4. The zero-order valence-corrected chi connectivity index (χ0v) is 14.3. The van der Waals surface area contributed by atoms with E-state index in [-0.39, 0.29) is 22.9 Å². The molecule has 0 bridgehead atoms. The van der Waals surface area contributed by atoms with Crippen molar-refractivity contribution in [1.82, 2.24) is 4.57 Å². The zero-order valence-electron chi connectivity index (χ0n) is 14.3. The summed E-state index contributed by atoms with van der Waals surface area (Å²) in [6.45, 7) is 1.35. The second-order valence-corrected chi connectivity index (χ2v) is 6.13. The van der Waals surface area contributed by atoms with E-state index < -0.39 is 12.1 Å². The first-order chi connectivity index (χ1) is 12.8. The molecule has 0 amide bonds. The van der Waals surface area contributed by atoms with Crippen molar-refractivity contribution >= 4 is 11.5 Å². The second kappa shape index (κ2) is 7.83. The van der Waals surface area contributed by atoms with Gasteiger partial charge in [0.1, 0.15) is 17.1 Å². The Hall–Kier alpha value is -2.81. The van der Waals surface area contributed by atoms with E-state index in [4.69, 9.17) is 15.6 Å². The predicted octanol–water partition coefficient (Wildman–Crippen LogP) is 3.33. The highest BCUT2D eigenvalue weighted by molar-refractivity contribution is 5.98. The quantitative estimate of drug-likeness (QED) is 0.562. The Morgan fingerprint density at radius 1 is 1.19 bits per heavy atom. The number of hydrogen-bond acceptors (Lipinski definition) is 5. The summed E-state index contributed by atoms with van der Waals surface area (Å²) in [6.07, 6.45) is -1.49. The van der Waals surface area contributed by atoms with Crippen LogP contribution < -0.4 is 15.5 Å². The van der Waals surface area contributed by atoms with E-state index in [9.17, 15) is 13.2 Å². The van der Waals surface area contributed by atoms with Gasteiger partial charge >= 0.3 is 6.36 Å². The van der Waals surface area contributed by atoms with Gasteiger partial charge in [-0.15, -0.1) is 13.2 Å². The van der Waals surface area contributed by atoms with Crippen molar-refractivity contribution in [2.75, 3.05) is 18.5 Å². The minimum atomic E-state index is -4.80. The number of halogens is 3. The summed E-state index contributed by atoms with van der Waals surface area (Å²) in [4.78, 5) is 0. The van der Waals surface area contributed by atoms with Crippen molar-refractivity contribution in [2.45, 2.75) is 25.2 Å². The van der Waals surface area contributed by atoms with Gasteiger partial charge in [0.2, 0.25) is 0 Å². The van der Waals surface area contributed by atoms with E-state index in [1.807, 2.05) is 0 Å². The first-order valence-corrected chi connectivity index (χ1v) is 8.38. The standard InChI is InChI=1S/C18H19F3N4O2/c19-18(20,21)27-15-3-1-2-12(10-15)17(23)25-11-14(4-5-16(25)22)24-13-6-8-26-9-7-13/h1-5,10-11,13,22-24H,6-9H2. The molecule has 0 radical (unpaired) electrons. The van der Waals surface area contributed by atoms with Crippen molar-refractivity contribution in [1.29, 1.82) is 10.8 Å². The van der Waals surface area contributed by atoms with Crippen LogP contribution in [0.3, 0.4) is 0 Å². The van der Waals surface area contributed by atoms with Gasteiger partial charge in [0, 0.05) is 31.0 Å². The van der Waals surface area contributed by atoms with E-state index in [1.165, 1.54) is 28.8 Å². The van der Waals surface area contributed by atoms with Crippen LogP contribution in [-0.2, 0) is 4.74 Å².